The van der Waals surface area contributed by atoms with Crippen molar-refractivity contribution >= 4 is 15.7 Å². The molecule has 0 radical (unpaired) electrons. The number of carbonyl (C=O) groups excluding carboxylic acids is 1. The van der Waals surface area contributed by atoms with E-state index in [-0.39, 0.29) is 28.7 Å². The van der Waals surface area contributed by atoms with Gasteiger partial charge in [-0.1, -0.05) is 0 Å². The highest BCUT2D eigenvalue weighted by molar-refractivity contribution is 7.90. The average molecular weight is 458 g/mol. The summed E-state index contributed by atoms with van der Waals surface area (Å²) >= 11 is 0. The molecule has 2 heterocycles. The summed E-state index contributed by atoms with van der Waals surface area (Å²) in [5.41, 5.74) is 0.0927. The summed E-state index contributed by atoms with van der Waals surface area (Å²) in [5, 5.41) is 0. The molecule has 0 N–H and O–H groups in total. The molecule has 4 rings (SSSR count). The molecule has 1 amide bonds. The maximum absolute atomic E-state index is 13.2. The molecule has 7 nitrogen and oxygen atoms in total. The Morgan fingerprint density at radius 1 is 1.39 bits per heavy atom. The number of nitrogens with zero attached hydrogens (tertiary/aromatic N) is 2. The Morgan fingerprint density at radius 3 is 2.68 bits per heavy atom. The van der Waals surface area contributed by atoms with Gasteiger partial charge in [0.1, 0.15) is 12.0 Å². The van der Waals surface area contributed by atoms with Gasteiger partial charge in [-0.15, -0.1) is 0 Å². The van der Waals surface area contributed by atoms with Crippen LogP contribution >= 0.6 is 0 Å². The van der Waals surface area contributed by atoms with Gasteiger partial charge in [-0.3, -0.25) is 4.79 Å². The van der Waals surface area contributed by atoms with Crippen LogP contribution < -0.4 is 4.74 Å². The maximum Gasteiger partial charge on any atom is 0.425 e. The van der Waals surface area contributed by atoms with E-state index in [4.69, 9.17) is 9.15 Å². The Kier molecular flexibility index (Phi) is 4.87. The number of halogens is 3. The van der Waals surface area contributed by atoms with Gasteiger partial charge >= 0.3 is 6.18 Å². The number of likely N-dealkylation sites (tertiary alicyclic amines) is 1. The lowest BCUT2D eigenvalue weighted by Gasteiger charge is -2.24. The van der Waals surface area contributed by atoms with Gasteiger partial charge in [0.05, 0.1) is 21.6 Å². The third-order valence-electron chi connectivity index (χ3n) is 5.85. The van der Waals surface area contributed by atoms with Crippen molar-refractivity contribution in [2.75, 3.05) is 19.3 Å². The monoisotopic (exact) mass is 458 g/mol. The molecule has 1 saturated heterocycles. The highest BCUT2D eigenvalue weighted by Gasteiger charge is 2.65. The topological polar surface area (TPSA) is 89.7 Å². The van der Waals surface area contributed by atoms with E-state index in [1.54, 1.807) is 6.92 Å². The number of amides is 1. The molecule has 0 unspecified atom stereocenters. The summed E-state index contributed by atoms with van der Waals surface area (Å²) < 4.78 is 73.4. The first-order valence-electron chi connectivity index (χ1n) is 9.60. The van der Waals surface area contributed by atoms with Crippen molar-refractivity contribution in [1.29, 1.82) is 0 Å². The van der Waals surface area contributed by atoms with E-state index >= 15 is 0 Å². The fourth-order valence-electron chi connectivity index (χ4n) is 3.99. The van der Waals surface area contributed by atoms with Crippen molar-refractivity contribution in [2.24, 2.45) is 5.92 Å². The van der Waals surface area contributed by atoms with Crippen LogP contribution in [0.1, 0.15) is 35.3 Å². The van der Waals surface area contributed by atoms with Gasteiger partial charge in [-0.25, -0.2) is 13.4 Å². The van der Waals surface area contributed by atoms with Crippen molar-refractivity contribution in [3.8, 4) is 5.75 Å². The van der Waals surface area contributed by atoms with E-state index in [0.29, 0.717) is 12.4 Å². The standard InChI is InChI=1S/C20H21F3N2O5S/c1-11-9-29-18(24-11)19-7-13(19)8-25(10-19)17(26)15-6-14(31(3,27)28)4-5-16(15)30-12(2)20(21,22)23/h4-6,9,12-13H,7-8,10H2,1-3H3/t12-,13+,19+/m0/s1. The predicted octanol–water partition coefficient (Wildman–Crippen LogP) is 3.13. The maximum atomic E-state index is 13.2. The molecule has 3 atom stereocenters. The number of hydrogen-bond acceptors (Lipinski definition) is 6. The fourth-order valence-corrected chi connectivity index (χ4v) is 4.64. The normalized spacial score (nSPS) is 24.1. The lowest BCUT2D eigenvalue weighted by Crippen LogP contribution is -2.35. The molecular weight excluding hydrogens is 437 g/mol. The van der Waals surface area contributed by atoms with Crippen molar-refractivity contribution in [3.05, 3.63) is 41.6 Å². The smallest absolute Gasteiger partial charge is 0.425 e. The second-order valence-corrected chi connectivity index (χ2v) is 10.3. The van der Waals surface area contributed by atoms with Gasteiger partial charge in [0.15, 0.2) is 15.9 Å². The zero-order valence-corrected chi connectivity index (χ0v) is 17.9. The molecule has 0 spiro atoms. The van der Waals surface area contributed by atoms with E-state index in [2.05, 4.69) is 4.98 Å². The Balaban J connectivity index is 1.65. The number of carbonyl (C=O) groups is 1. The molecule has 1 aliphatic heterocycles. The van der Waals surface area contributed by atoms with E-state index in [9.17, 15) is 26.4 Å². The Labute approximate surface area is 177 Å². The van der Waals surface area contributed by atoms with Crippen LogP contribution in [-0.2, 0) is 15.3 Å². The van der Waals surface area contributed by atoms with Crippen LogP contribution in [0.3, 0.4) is 0 Å². The van der Waals surface area contributed by atoms with E-state index < -0.39 is 33.4 Å². The molecule has 11 heteroatoms. The largest absolute Gasteiger partial charge is 0.480 e. The number of aryl methyl sites for hydroxylation is 1. The van der Waals surface area contributed by atoms with Crippen molar-refractivity contribution in [1.82, 2.24) is 9.88 Å². The summed E-state index contributed by atoms with van der Waals surface area (Å²) in [6.45, 7) is 3.27. The van der Waals surface area contributed by atoms with Crippen molar-refractivity contribution in [2.45, 2.75) is 42.9 Å². The number of oxazole rings is 1. The first kappa shape index (κ1) is 21.7. The molecule has 1 saturated carbocycles. The van der Waals surface area contributed by atoms with Crippen LogP contribution in [0.4, 0.5) is 13.2 Å². The number of rotatable bonds is 5. The molecule has 1 aliphatic carbocycles. The number of aromatic nitrogens is 1. The number of ether oxygens (including phenoxy) is 1. The van der Waals surface area contributed by atoms with Crippen LogP contribution in [0.5, 0.6) is 5.75 Å². The molecule has 2 fully saturated rings. The van der Waals surface area contributed by atoms with Crippen LogP contribution in [0.2, 0.25) is 0 Å². The lowest BCUT2D eigenvalue weighted by atomic mass is 10.1. The first-order chi connectivity index (χ1) is 14.3. The number of fused-ring (bicyclic) bond motifs is 1. The molecule has 2 aromatic rings. The molecule has 0 bridgehead atoms. The highest BCUT2D eigenvalue weighted by atomic mass is 32.2. The number of benzene rings is 1. The average Bonchev–Trinajstić information content (AvgIpc) is 2.99. The minimum atomic E-state index is -4.64. The SMILES string of the molecule is Cc1coc([C@@]23C[C@@H]2CN(C(=O)c2cc(S(C)(=O)=O)ccc2O[C@@H](C)C(F)(F)F)C3)n1. The Bertz CT molecular complexity index is 1140. The van der Waals surface area contributed by atoms with Crippen LogP contribution in [0, 0.1) is 12.8 Å². The molecule has 31 heavy (non-hydrogen) atoms. The highest BCUT2D eigenvalue weighted by Crippen LogP contribution is 2.58. The fraction of sp³-hybridized carbons (Fsp3) is 0.500. The molecular formula is C20H21F3N2O5S. The van der Waals surface area contributed by atoms with Gasteiger partial charge in [0.2, 0.25) is 5.89 Å². The predicted molar refractivity (Wildman–Crippen MR) is 103 cm³/mol. The van der Waals surface area contributed by atoms with Crippen LogP contribution in [0.15, 0.2) is 33.8 Å². The Hall–Kier alpha value is -2.56. The summed E-state index contributed by atoms with van der Waals surface area (Å²) in [6, 6.07) is 3.29. The van der Waals surface area contributed by atoms with Crippen molar-refractivity contribution in [3.63, 3.8) is 0 Å². The number of hydrogen-bond donors (Lipinski definition) is 0. The zero-order valence-electron chi connectivity index (χ0n) is 17.1. The molecule has 2 aliphatic rings. The van der Waals surface area contributed by atoms with Crippen molar-refractivity contribution < 1.29 is 35.5 Å². The summed E-state index contributed by atoms with van der Waals surface area (Å²) in [7, 11) is -3.68. The molecule has 1 aromatic heterocycles. The number of piperidine rings is 1. The van der Waals surface area contributed by atoms with Crippen LogP contribution in [0.25, 0.3) is 0 Å². The van der Waals surface area contributed by atoms with Gasteiger partial charge in [-0.2, -0.15) is 13.2 Å². The van der Waals surface area contributed by atoms with Gasteiger partial charge in [-0.05, 0) is 44.4 Å². The van der Waals surface area contributed by atoms with Gasteiger partial charge < -0.3 is 14.1 Å². The second-order valence-electron chi connectivity index (χ2n) is 8.27. The zero-order chi connectivity index (χ0) is 22.8. The third-order valence-corrected chi connectivity index (χ3v) is 6.96. The Morgan fingerprint density at radius 2 is 2.10 bits per heavy atom. The van der Waals surface area contributed by atoms with Gasteiger partial charge in [0.25, 0.3) is 5.91 Å². The lowest BCUT2D eigenvalue weighted by molar-refractivity contribution is -0.189. The van der Waals surface area contributed by atoms with Gasteiger partial charge in [0, 0.05) is 19.3 Å². The molecule has 168 valence electrons. The molecule has 1 aromatic carbocycles. The quantitative estimate of drug-likeness (QED) is 0.684. The second kappa shape index (κ2) is 6.98. The minimum absolute atomic E-state index is 0.131. The third kappa shape index (κ3) is 3.90. The number of sulfone groups is 1. The summed E-state index contributed by atoms with van der Waals surface area (Å²) in [4.78, 5) is 18.9. The number of alkyl halides is 3. The van der Waals surface area contributed by atoms with E-state index in [1.165, 1.54) is 11.2 Å². The first-order valence-corrected chi connectivity index (χ1v) is 11.5. The summed E-state index contributed by atoms with van der Waals surface area (Å²) in [5.74, 6) is -0.239. The van der Waals surface area contributed by atoms with E-state index in [1.807, 2.05) is 0 Å². The van der Waals surface area contributed by atoms with E-state index in [0.717, 1.165) is 43.5 Å². The minimum Gasteiger partial charge on any atom is -0.480 e. The summed E-state index contributed by atoms with van der Waals surface area (Å²) in [6.07, 6.45) is -3.52. The van der Waals surface area contributed by atoms with Crippen LogP contribution in [-0.4, -0.2) is 55.8 Å².